The molecular formula is C24H47N3O10P2. The van der Waals surface area contributed by atoms with E-state index in [0.29, 0.717) is 0 Å². The predicted molar refractivity (Wildman–Crippen MR) is 148 cm³/mol. The summed E-state index contributed by atoms with van der Waals surface area (Å²) in [4.78, 5) is 8.10. The molecule has 15 heteroatoms. The van der Waals surface area contributed by atoms with Gasteiger partial charge >= 0.3 is 15.2 Å². The van der Waals surface area contributed by atoms with E-state index >= 15 is 0 Å². The van der Waals surface area contributed by atoms with E-state index in [1.807, 2.05) is 0 Å². The molecule has 0 saturated carbocycles. The Bertz CT molecular complexity index is 850. The van der Waals surface area contributed by atoms with Crippen molar-refractivity contribution in [3.63, 3.8) is 0 Å². The van der Waals surface area contributed by atoms with Gasteiger partial charge in [0, 0.05) is 0 Å². The van der Waals surface area contributed by atoms with Crippen LogP contribution in [0, 0.1) is 0 Å². The molecule has 0 fully saturated rings. The molecule has 0 bridgehead atoms. The number of hydrogen-bond donors (Lipinski definition) is 1. The second kappa shape index (κ2) is 16.8. The smallest absolute Gasteiger partial charge is 0.356 e. The molecule has 0 unspecified atom stereocenters. The van der Waals surface area contributed by atoms with E-state index < -0.39 is 27.4 Å². The molecule has 2 atom stereocenters. The number of anilines is 1. The molecule has 0 amide bonds. The summed E-state index contributed by atoms with van der Waals surface area (Å²) in [6, 6.07) is 1.47. The fourth-order valence-electron chi connectivity index (χ4n) is 2.96. The molecule has 1 rings (SSSR count). The molecule has 39 heavy (non-hydrogen) atoms. The van der Waals surface area contributed by atoms with Crippen LogP contribution in [-0.2, 0) is 36.7 Å². The predicted octanol–water partition coefficient (Wildman–Crippen LogP) is 5.63. The fourth-order valence-corrected chi connectivity index (χ4v) is 6.75. The van der Waals surface area contributed by atoms with E-state index in [1.54, 1.807) is 69.2 Å². The van der Waals surface area contributed by atoms with Crippen molar-refractivity contribution in [3.8, 4) is 11.8 Å². The molecule has 228 valence electrons. The van der Waals surface area contributed by atoms with Gasteiger partial charge in [0.05, 0.1) is 42.7 Å². The zero-order valence-electron chi connectivity index (χ0n) is 24.8. The molecule has 0 aliphatic carbocycles. The third-order valence-corrected chi connectivity index (χ3v) is 8.05. The molecule has 1 aromatic heterocycles. The van der Waals surface area contributed by atoms with E-state index in [9.17, 15) is 9.13 Å². The first kappa shape index (κ1) is 35.7. The largest absolute Gasteiger partial charge is 0.475 e. The highest BCUT2D eigenvalue weighted by Gasteiger charge is 2.30. The first-order valence-electron chi connectivity index (χ1n) is 13.1. The van der Waals surface area contributed by atoms with E-state index in [-0.39, 0.29) is 68.0 Å². The summed E-state index contributed by atoms with van der Waals surface area (Å²) in [5, 5.41) is 0. The van der Waals surface area contributed by atoms with Crippen molar-refractivity contribution in [2.24, 2.45) is 0 Å². The topological polar surface area (TPSA) is 160 Å². The number of nitrogens with zero attached hydrogens (tertiary/aromatic N) is 2. The summed E-state index contributed by atoms with van der Waals surface area (Å²) in [5.41, 5.74) is 5.80. The lowest BCUT2D eigenvalue weighted by Crippen LogP contribution is -2.22. The zero-order chi connectivity index (χ0) is 29.8. The summed E-state index contributed by atoms with van der Waals surface area (Å²) in [6.07, 6.45) is -2.50. The molecule has 2 N–H and O–H groups in total. The molecule has 0 aliphatic rings. The van der Waals surface area contributed by atoms with Gasteiger partial charge in [0.25, 0.3) is 0 Å². The maximum atomic E-state index is 12.9. The van der Waals surface area contributed by atoms with Crippen LogP contribution in [0.3, 0.4) is 0 Å². The van der Waals surface area contributed by atoms with E-state index in [1.165, 1.54) is 6.07 Å². The van der Waals surface area contributed by atoms with Gasteiger partial charge < -0.3 is 42.8 Å². The van der Waals surface area contributed by atoms with Gasteiger partial charge in [0.15, 0.2) is 0 Å². The van der Waals surface area contributed by atoms with Crippen LogP contribution in [0.5, 0.6) is 11.8 Å². The van der Waals surface area contributed by atoms with Crippen LogP contribution in [0.2, 0.25) is 0 Å². The Labute approximate surface area is 232 Å². The Morgan fingerprint density at radius 2 is 0.949 bits per heavy atom. The summed E-state index contributed by atoms with van der Waals surface area (Å²) < 4.78 is 70.5. The van der Waals surface area contributed by atoms with Crippen LogP contribution >= 0.6 is 15.2 Å². The summed E-state index contributed by atoms with van der Waals surface area (Å²) in [6.45, 7) is 17.9. The van der Waals surface area contributed by atoms with Crippen molar-refractivity contribution in [1.29, 1.82) is 0 Å². The van der Waals surface area contributed by atoms with Gasteiger partial charge in [-0.25, -0.2) is 0 Å². The quantitative estimate of drug-likeness (QED) is 0.184. The van der Waals surface area contributed by atoms with Crippen molar-refractivity contribution >= 4 is 21.1 Å². The molecule has 0 radical (unpaired) electrons. The first-order valence-corrected chi connectivity index (χ1v) is 16.5. The second-order valence-corrected chi connectivity index (χ2v) is 13.9. The number of aromatic nitrogens is 2. The van der Waals surface area contributed by atoms with Gasteiger partial charge in [-0.05, 0) is 69.2 Å². The van der Waals surface area contributed by atoms with Crippen molar-refractivity contribution in [1.82, 2.24) is 9.97 Å². The summed E-state index contributed by atoms with van der Waals surface area (Å²) >= 11 is 0. The van der Waals surface area contributed by atoms with Crippen LogP contribution in [-0.4, -0.2) is 72.5 Å². The van der Waals surface area contributed by atoms with Gasteiger partial charge in [-0.1, -0.05) is 0 Å². The highest BCUT2D eigenvalue weighted by Crippen LogP contribution is 2.51. The Balaban J connectivity index is 2.64. The Hall–Kier alpha value is -1.30. The lowest BCUT2D eigenvalue weighted by Gasteiger charge is -2.24. The van der Waals surface area contributed by atoms with Gasteiger partial charge in [-0.2, -0.15) is 9.97 Å². The minimum atomic E-state index is -3.43. The number of ether oxygens (including phenoxy) is 4. The summed E-state index contributed by atoms with van der Waals surface area (Å²) in [7, 11) is -6.87. The van der Waals surface area contributed by atoms with Crippen LogP contribution in [0.15, 0.2) is 6.07 Å². The average Bonchev–Trinajstić information content (AvgIpc) is 2.76. The number of rotatable bonds is 20. The number of nitrogen functional groups attached to an aromatic ring is 1. The molecule has 0 spiro atoms. The normalized spacial score (nSPS) is 14.4. The third-order valence-electron chi connectivity index (χ3n) is 4.15. The molecule has 13 nitrogen and oxygen atoms in total. The molecule has 0 aromatic carbocycles. The van der Waals surface area contributed by atoms with Crippen molar-refractivity contribution in [2.75, 3.05) is 31.6 Å². The van der Waals surface area contributed by atoms with Gasteiger partial charge in [0.2, 0.25) is 17.7 Å². The second-order valence-electron chi connectivity index (χ2n) is 10.1. The fraction of sp³-hybridized carbons (Fsp3) is 0.833. The number of nitrogens with two attached hydrogens (primary N) is 1. The number of hydrogen-bond acceptors (Lipinski definition) is 13. The van der Waals surface area contributed by atoms with Crippen LogP contribution < -0.4 is 15.2 Å². The highest BCUT2D eigenvalue weighted by molar-refractivity contribution is 7.53. The summed E-state index contributed by atoms with van der Waals surface area (Å²) in [5.74, 6) is 0.286. The average molecular weight is 600 g/mol. The van der Waals surface area contributed by atoms with Crippen molar-refractivity contribution < 1.29 is 46.2 Å². The maximum absolute atomic E-state index is 12.9. The standard InChI is InChI=1S/C24H47N3O10P2/c1-16(2)34-38(28,35-17(3)4)14-32-20(9)12-30-22-11-23(27-24(25)26-22)31-13-21(10)33-15-39(29,36-18(5)6)37-19(7)8/h11,16-21H,12-15H2,1-10H3,(H2,25,26,27)/t20-,21-/m0/s1. The lowest BCUT2D eigenvalue weighted by atomic mass is 10.4. The monoisotopic (exact) mass is 599 g/mol. The molecule has 1 heterocycles. The van der Waals surface area contributed by atoms with Gasteiger partial charge in [-0.3, -0.25) is 9.13 Å². The zero-order valence-corrected chi connectivity index (χ0v) is 26.6. The van der Waals surface area contributed by atoms with Crippen LogP contribution in [0.1, 0.15) is 69.2 Å². The van der Waals surface area contributed by atoms with Gasteiger partial charge in [-0.15, -0.1) is 0 Å². The van der Waals surface area contributed by atoms with E-state index in [0.717, 1.165) is 0 Å². The van der Waals surface area contributed by atoms with Crippen LogP contribution in [0.4, 0.5) is 5.95 Å². The molecule has 1 aromatic rings. The Morgan fingerprint density at radius 1 is 0.641 bits per heavy atom. The first-order chi connectivity index (χ1) is 18.0. The molecular weight excluding hydrogens is 552 g/mol. The van der Waals surface area contributed by atoms with Crippen molar-refractivity contribution in [2.45, 2.75) is 106 Å². The third kappa shape index (κ3) is 15.9. The maximum Gasteiger partial charge on any atom is 0.356 e. The highest BCUT2D eigenvalue weighted by atomic mass is 31.2. The molecule has 0 saturated heterocycles. The van der Waals surface area contributed by atoms with Gasteiger partial charge in [0.1, 0.15) is 25.9 Å². The van der Waals surface area contributed by atoms with E-state index in [2.05, 4.69) is 9.97 Å². The Morgan fingerprint density at radius 3 is 1.23 bits per heavy atom. The van der Waals surface area contributed by atoms with Crippen LogP contribution in [0.25, 0.3) is 0 Å². The lowest BCUT2D eigenvalue weighted by molar-refractivity contribution is 0.0338. The minimum absolute atomic E-state index is 0.0509. The molecule has 0 aliphatic heterocycles. The Kier molecular flexibility index (Phi) is 15.4. The van der Waals surface area contributed by atoms with E-state index in [4.69, 9.17) is 42.8 Å². The SMILES string of the molecule is CC(C)OP(=O)(CO[C@@H](C)COc1cc(OC[C@H](C)OCP(=O)(OC(C)C)OC(C)C)nc(N)n1)OC(C)C. The minimum Gasteiger partial charge on any atom is -0.475 e. The van der Waals surface area contributed by atoms with Crippen molar-refractivity contribution in [3.05, 3.63) is 6.07 Å².